The molecule has 5 heavy (non-hydrogen) atoms. The van der Waals surface area contributed by atoms with E-state index in [0.717, 1.165) is 5.67 Å². The lowest BCUT2D eigenvalue weighted by Gasteiger charge is -1.53. The predicted octanol–water partition coefficient (Wildman–Crippen LogP) is 0.549. The van der Waals surface area contributed by atoms with E-state index in [9.17, 15) is 0 Å². The van der Waals surface area contributed by atoms with Crippen molar-refractivity contribution in [1.29, 1.82) is 0 Å². The molecule has 0 aliphatic heterocycles. The van der Waals surface area contributed by atoms with Gasteiger partial charge in [-0.1, -0.05) is 11.6 Å². The van der Waals surface area contributed by atoms with Crippen LogP contribution >= 0.6 is 24.0 Å². The van der Waals surface area contributed by atoms with Crippen LogP contribution in [0.2, 0.25) is 0 Å². The van der Waals surface area contributed by atoms with Gasteiger partial charge in [-0.25, -0.2) is 0 Å². The van der Waals surface area contributed by atoms with Crippen molar-refractivity contribution >= 4 is 29.7 Å². The molecule has 2 N–H and O–H groups in total. The summed E-state index contributed by atoms with van der Waals surface area (Å²) in [4.78, 5) is 0. The summed E-state index contributed by atoms with van der Waals surface area (Å²) in [6.45, 7) is 0. The van der Waals surface area contributed by atoms with Gasteiger partial charge in [-0.3, -0.25) is 0 Å². The standard InChI is InChI=1S/CH3ClN2.ClH/c2-1-4-3;/h1H,3H2;1H. The second-order valence-electron chi connectivity index (χ2n) is 0.247. The average Bonchev–Trinajstić information content (AvgIpc) is 1.37. The summed E-state index contributed by atoms with van der Waals surface area (Å²) < 4.78 is 0. The highest BCUT2D eigenvalue weighted by Gasteiger charge is 1.35. The molecule has 0 rings (SSSR count). The zero-order valence-corrected chi connectivity index (χ0v) is 3.96. The Hall–Kier alpha value is 0.0500. The minimum Gasteiger partial charge on any atom is -0.322 e. The number of hydrogen-bond donors (Lipinski definition) is 1. The Kier molecular flexibility index (Phi) is 16.0. The first-order chi connectivity index (χ1) is 1.91. The molecule has 0 aliphatic carbocycles. The van der Waals surface area contributed by atoms with Crippen LogP contribution in [0.3, 0.4) is 0 Å². The van der Waals surface area contributed by atoms with Crippen molar-refractivity contribution in [3.05, 3.63) is 0 Å². The van der Waals surface area contributed by atoms with Gasteiger partial charge < -0.3 is 5.84 Å². The lowest BCUT2D eigenvalue weighted by atomic mass is 11.7. The fourth-order valence-electron chi connectivity index (χ4n) is 0. The number of hydrazone groups is 1. The van der Waals surface area contributed by atoms with Crippen LogP contribution in [0, 0.1) is 0 Å². The van der Waals surface area contributed by atoms with Gasteiger partial charge in [0.15, 0.2) is 0 Å². The van der Waals surface area contributed by atoms with Gasteiger partial charge in [0.25, 0.3) is 0 Å². The van der Waals surface area contributed by atoms with Crippen molar-refractivity contribution in [3.63, 3.8) is 0 Å². The molecule has 0 bridgehead atoms. The summed E-state index contributed by atoms with van der Waals surface area (Å²) in [5.74, 6) is 4.47. The van der Waals surface area contributed by atoms with Gasteiger partial charge in [-0.2, -0.15) is 5.10 Å². The van der Waals surface area contributed by atoms with E-state index >= 15 is 0 Å². The lowest BCUT2D eigenvalue weighted by molar-refractivity contribution is 1.27. The molecule has 0 amide bonds. The summed E-state index contributed by atoms with van der Waals surface area (Å²) in [5, 5.41) is 2.88. The fourth-order valence-corrected chi connectivity index (χ4v) is 0. The van der Waals surface area contributed by atoms with Gasteiger partial charge in [0, 0.05) is 0 Å². The molecule has 0 spiro atoms. The van der Waals surface area contributed by atoms with E-state index in [1.54, 1.807) is 0 Å². The Morgan fingerprint density at radius 1 is 1.80 bits per heavy atom. The minimum absolute atomic E-state index is 0. The van der Waals surface area contributed by atoms with E-state index in [-0.39, 0.29) is 12.4 Å². The Morgan fingerprint density at radius 2 is 2.00 bits per heavy atom. The first-order valence-corrected chi connectivity index (χ1v) is 1.17. The molecule has 0 fully saturated rings. The summed E-state index contributed by atoms with van der Waals surface area (Å²) in [6.07, 6.45) is 0. The maximum absolute atomic E-state index is 4.77. The molecule has 2 nitrogen and oxygen atoms in total. The third-order valence-electron chi connectivity index (χ3n) is 0.0563. The van der Waals surface area contributed by atoms with E-state index in [0.29, 0.717) is 0 Å². The molecule has 0 aromatic carbocycles. The topological polar surface area (TPSA) is 38.4 Å². The molecule has 0 aromatic heterocycles. The first kappa shape index (κ1) is 8.90. The molecule has 0 saturated carbocycles. The zero-order chi connectivity index (χ0) is 3.41. The fraction of sp³-hybridized carbons (Fsp3) is 0. The molecule has 0 radical (unpaired) electrons. The van der Waals surface area contributed by atoms with Gasteiger partial charge in [0.1, 0.15) is 5.67 Å². The summed E-state index contributed by atoms with van der Waals surface area (Å²) in [7, 11) is 0. The van der Waals surface area contributed by atoms with Crippen molar-refractivity contribution < 1.29 is 0 Å². The summed E-state index contributed by atoms with van der Waals surface area (Å²) >= 11 is 4.77. The molecular weight excluding hydrogens is 111 g/mol. The average molecular weight is 115 g/mol. The van der Waals surface area contributed by atoms with Crippen LogP contribution in [0.15, 0.2) is 5.10 Å². The van der Waals surface area contributed by atoms with Crippen LogP contribution in [-0.2, 0) is 0 Å². The van der Waals surface area contributed by atoms with Gasteiger partial charge in [0.05, 0.1) is 0 Å². The van der Waals surface area contributed by atoms with E-state index < -0.39 is 0 Å². The van der Waals surface area contributed by atoms with Crippen LogP contribution in [0.5, 0.6) is 0 Å². The third kappa shape index (κ3) is 15.4. The second kappa shape index (κ2) is 8.96. The highest BCUT2D eigenvalue weighted by atomic mass is 35.5. The minimum atomic E-state index is 0. The van der Waals surface area contributed by atoms with E-state index in [1.165, 1.54) is 0 Å². The number of rotatable bonds is 0. The first-order valence-electron chi connectivity index (χ1n) is 0.735. The van der Waals surface area contributed by atoms with Crippen LogP contribution in [0.4, 0.5) is 0 Å². The Labute approximate surface area is 41.4 Å². The molecule has 0 unspecified atom stereocenters. The van der Waals surface area contributed by atoms with Crippen molar-refractivity contribution in [2.75, 3.05) is 0 Å². The van der Waals surface area contributed by atoms with E-state index in [1.807, 2.05) is 0 Å². The largest absolute Gasteiger partial charge is 0.322 e. The van der Waals surface area contributed by atoms with Crippen LogP contribution in [-0.4, -0.2) is 5.67 Å². The van der Waals surface area contributed by atoms with Gasteiger partial charge in [0.2, 0.25) is 0 Å². The molecule has 0 aromatic rings. The molecule has 0 aliphatic rings. The SMILES string of the molecule is Cl.NN=CCl. The van der Waals surface area contributed by atoms with Crippen molar-refractivity contribution in [2.24, 2.45) is 10.9 Å². The third-order valence-corrected chi connectivity index (χ3v) is 0.169. The monoisotopic (exact) mass is 114 g/mol. The zero-order valence-electron chi connectivity index (χ0n) is 2.39. The summed E-state index contributed by atoms with van der Waals surface area (Å²) in [6, 6.07) is 0. The molecular formula is CH4Cl2N2. The highest BCUT2D eigenvalue weighted by Crippen LogP contribution is 1.50. The predicted molar refractivity (Wildman–Crippen MR) is 25.8 cm³/mol. The van der Waals surface area contributed by atoms with Crippen LogP contribution < -0.4 is 5.84 Å². The number of nitrogens with two attached hydrogens (primary N) is 1. The normalized spacial score (nSPS) is 7.40. The Morgan fingerprint density at radius 3 is 2.00 bits per heavy atom. The molecule has 0 heterocycles. The van der Waals surface area contributed by atoms with Crippen LogP contribution in [0.25, 0.3) is 0 Å². The van der Waals surface area contributed by atoms with Crippen molar-refractivity contribution in [2.45, 2.75) is 0 Å². The molecule has 0 saturated heterocycles. The maximum atomic E-state index is 4.77. The van der Waals surface area contributed by atoms with Gasteiger partial charge >= 0.3 is 0 Å². The van der Waals surface area contributed by atoms with E-state index in [2.05, 4.69) is 10.9 Å². The van der Waals surface area contributed by atoms with Gasteiger partial charge in [-0.15, -0.1) is 12.4 Å². The Balaban J connectivity index is 0. The Bertz CT molecular complexity index is 22.8. The number of hydrogen-bond acceptors (Lipinski definition) is 2. The quantitative estimate of drug-likeness (QED) is 0.279. The second-order valence-corrected chi connectivity index (χ2v) is 0.442. The highest BCUT2D eigenvalue weighted by molar-refractivity contribution is 6.56. The lowest BCUT2D eigenvalue weighted by Crippen LogP contribution is -1.72. The molecule has 32 valence electrons. The summed E-state index contributed by atoms with van der Waals surface area (Å²) in [5.41, 5.74) is 1.00. The molecule has 0 atom stereocenters. The molecule has 4 heteroatoms. The van der Waals surface area contributed by atoms with Crippen molar-refractivity contribution in [1.82, 2.24) is 0 Å². The van der Waals surface area contributed by atoms with Crippen LogP contribution in [0.1, 0.15) is 0 Å². The van der Waals surface area contributed by atoms with E-state index in [4.69, 9.17) is 11.6 Å². The maximum Gasteiger partial charge on any atom is 0.112 e. The number of nitrogens with zero attached hydrogens (tertiary/aromatic N) is 1. The van der Waals surface area contributed by atoms with Crippen molar-refractivity contribution in [3.8, 4) is 0 Å². The smallest absolute Gasteiger partial charge is 0.112 e. The van der Waals surface area contributed by atoms with Gasteiger partial charge in [-0.05, 0) is 0 Å². The number of halogens is 2.